The lowest BCUT2D eigenvalue weighted by molar-refractivity contribution is 0.793. The fourth-order valence-electron chi connectivity index (χ4n) is 3.59. The Morgan fingerprint density at radius 1 is 0.800 bits per heavy atom. The summed E-state index contributed by atoms with van der Waals surface area (Å²) in [7, 11) is 0. The van der Waals surface area contributed by atoms with Gasteiger partial charge in [0.1, 0.15) is 0 Å². The standard InChI is InChI=1S/C24H29N/c1-4-6-11-20-14-16-22(17-15-20)25-19(3)18-23(24(25)10-5-2)21-12-8-7-9-13-21/h7-9,12-18H,4-6,10-11H2,1-3H3. The Labute approximate surface area is 152 Å². The number of hydrogen-bond donors (Lipinski definition) is 0. The second-order valence-electron chi connectivity index (χ2n) is 6.87. The SMILES string of the molecule is CCCCc1ccc(-n2c(C)cc(-c3ccccc3)c2CCC)cc1. The zero-order valence-corrected chi connectivity index (χ0v) is 15.8. The van der Waals surface area contributed by atoms with Crippen molar-refractivity contribution in [1.82, 2.24) is 4.57 Å². The third-order valence-electron chi connectivity index (χ3n) is 4.87. The first kappa shape index (κ1) is 17.5. The third kappa shape index (κ3) is 3.87. The number of unbranched alkanes of at least 4 members (excludes halogenated alkanes) is 1. The molecule has 130 valence electrons. The summed E-state index contributed by atoms with van der Waals surface area (Å²) in [5.74, 6) is 0. The van der Waals surface area contributed by atoms with Gasteiger partial charge < -0.3 is 4.57 Å². The molecule has 25 heavy (non-hydrogen) atoms. The van der Waals surface area contributed by atoms with E-state index >= 15 is 0 Å². The number of aryl methyl sites for hydroxylation is 2. The van der Waals surface area contributed by atoms with Crippen LogP contribution in [0.2, 0.25) is 0 Å². The molecule has 1 aromatic heterocycles. The molecule has 0 unspecified atom stereocenters. The minimum atomic E-state index is 1.09. The van der Waals surface area contributed by atoms with Gasteiger partial charge in [0, 0.05) is 22.6 Å². The van der Waals surface area contributed by atoms with Crippen LogP contribution in [-0.2, 0) is 12.8 Å². The molecule has 0 aliphatic carbocycles. The first-order valence-electron chi connectivity index (χ1n) is 9.60. The van der Waals surface area contributed by atoms with Crippen LogP contribution >= 0.6 is 0 Å². The Balaban J connectivity index is 2.02. The highest BCUT2D eigenvalue weighted by atomic mass is 15.0. The summed E-state index contributed by atoms with van der Waals surface area (Å²) in [6.45, 7) is 6.73. The quantitative estimate of drug-likeness (QED) is 0.451. The first-order chi connectivity index (χ1) is 12.2. The van der Waals surface area contributed by atoms with Gasteiger partial charge in [-0.1, -0.05) is 69.2 Å². The van der Waals surface area contributed by atoms with Crippen LogP contribution in [-0.4, -0.2) is 4.57 Å². The summed E-state index contributed by atoms with van der Waals surface area (Å²) in [6, 6.07) is 22.3. The molecule has 0 saturated carbocycles. The molecule has 2 aromatic carbocycles. The van der Waals surface area contributed by atoms with Crippen LogP contribution in [0.3, 0.4) is 0 Å². The third-order valence-corrected chi connectivity index (χ3v) is 4.87. The average Bonchev–Trinajstić information content (AvgIpc) is 2.98. The van der Waals surface area contributed by atoms with Crippen LogP contribution in [0.15, 0.2) is 60.7 Å². The van der Waals surface area contributed by atoms with Crippen molar-refractivity contribution in [2.45, 2.75) is 52.9 Å². The molecule has 0 fully saturated rings. The van der Waals surface area contributed by atoms with Crippen LogP contribution in [0, 0.1) is 6.92 Å². The molecule has 3 rings (SSSR count). The van der Waals surface area contributed by atoms with E-state index in [1.165, 1.54) is 53.0 Å². The molecule has 0 radical (unpaired) electrons. The Hall–Kier alpha value is -2.28. The van der Waals surface area contributed by atoms with Gasteiger partial charge in [-0.05, 0) is 55.5 Å². The van der Waals surface area contributed by atoms with Gasteiger partial charge in [0.05, 0.1) is 0 Å². The van der Waals surface area contributed by atoms with E-state index in [2.05, 4.69) is 86.0 Å². The van der Waals surface area contributed by atoms with Gasteiger partial charge in [-0.3, -0.25) is 0 Å². The highest BCUT2D eigenvalue weighted by Crippen LogP contribution is 2.31. The molecule has 1 heteroatoms. The predicted molar refractivity (Wildman–Crippen MR) is 109 cm³/mol. The lowest BCUT2D eigenvalue weighted by atomic mass is 10.0. The largest absolute Gasteiger partial charge is 0.318 e. The van der Waals surface area contributed by atoms with E-state index in [4.69, 9.17) is 0 Å². The number of rotatable bonds is 7. The van der Waals surface area contributed by atoms with E-state index in [1.54, 1.807) is 0 Å². The van der Waals surface area contributed by atoms with Gasteiger partial charge in [-0.2, -0.15) is 0 Å². The molecule has 0 spiro atoms. The van der Waals surface area contributed by atoms with E-state index in [1.807, 2.05) is 0 Å². The van der Waals surface area contributed by atoms with Crippen molar-refractivity contribution in [3.05, 3.63) is 77.6 Å². The highest BCUT2D eigenvalue weighted by Gasteiger charge is 2.15. The van der Waals surface area contributed by atoms with E-state index in [9.17, 15) is 0 Å². The molecule has 0 N–H and O–H groups in total. The molecule has 0 bridgehead atoms. The molecule has 1 heterocycles. The second-order valence-corrected chi connectivity index (χ2v) is 6.87. The van der Waals surface area contributed by atoms with Gasteiger partial charge in [-0.25, -0.2) is 0 Å². The Bertz CT molecular complexity index is 794. The summed E-state index contributed by atoms with van der Waals surface area (Å²) in [4.78, 5) is 0. The average molecular weight is 332 g/mol. The van der Waals surface area contributed by atoms with Crippen molar-refractivity contribution >= 4 is 0 Å². The number of nitrogens with zero attached hydrogens (tertiary/aromatic N) is 1. The van der Waals surface area contributed by atoms with Crippen LogP contribution in [0.25, 0.3) is 16.8 Å². The maximum Gasteiger partial charge on any atom is 0.0455 e. The van der Waals surface area contributed by atoms with Crippen molar-refractivity contribution in [2.24, 2.45) is 0 Å². The Morgan fingerprint density at radius 3 is 2.16 bits per heavy atom. The maximum absolute atomic E-state index is 2.44. The molecule has 0 aliphatic rings. The Kier molecular flexibility index (Phi) is 5.75. The molecule has 0 aliphatic heterocycles. The summed E-state index contributed by atoms with van der Waals surface area (Å²) in [5, 5.41) is 0. The van der Waals surface area contributed by atoms with Gasteiger partial charge >= 0.3 is 0 Å². The van der Waals surface area contributed by atoms with E-state index < -0.39 is 0 Å². The van der Waals surface area contributed by atoms with Crippen molar-refractivity contribution in [3.63, 3.8) is 0 Å². The summed E-state index contributed by atoms with van der Waals surface area (Å²) < 4.78 is 2.44. The number of benzene rings is 2. The fourth-order valence-corrected chi connectivity index (χ4v) is 3.59. The zero-order chi connectivity index (χ0) is 17.6. The lowest BCUT2D eigenvalue weighted by Gasteiger charge is -2.14. The van der Waals surface area contributed by atoms with Gasteiger partial charge in [0.15, 0.2) is 0 Å². The summed E-state index contributed by atoms with van der Waals surface area (Å²) in [5.41, 5.74) is 8.14. The van der Waals surface area contributed by atoms with Crippen molar-refractivity contribution in [1.29, 1.82) is 0 Å². The molecular weight excluding hydrogens is 302 g/mol. The van der Waals surface area contributed by atoms with Crippen LogP contribution in [0.1, 0.15) is 50.1 Å². The van der Waals surface area contributed by atoms with Crippen molar-refractivity contribution in [3.8, 4) is 16.8 Å². The van der Waals surface area contributed by atoms with Crippen LogP contribution in [0.4, 0.5) is 0 Å². The van der Waals surface area contributed by atoms with Gasteiger partial charge in [-0.15, -0.1) is 0 Å². The number of hydrogen-bond acceptors (Lipinski definition) is 0. The van der Waals surface area contributed by atoms with Crippen molar-refractivity contribution in [2.75, 3.05) is 0 Å². The normalized spacial score (nSPS) is 11.0. The maximum atomic E-state index is 2.44. The molecule has 0 amide bonds. The predicted octanol–water partition coefficient (Wildman–Crippen LogP) is 6.75. The van der Waals surface area contributed by atoms with E-state index in [-0.39, 0.29) is 0 Å². The van der Waals surface area contributed by atoms with Crippen LogP contribution in [0.5, 0.6) is 0 Å². The summed E-state index contributed by atoms with van der Waals surface area (Å²) in [6.07, 6.45) is 5.94. The topological polar surface area (TPSA) is 4.93 Å². The summed E-state index contributed by atoms with van der Waals surface area (Å²) >= 11 is 0. The lowest BCUT2D eigenvalue weighted by Crippen LogP contribution is -2.03. The van der Waals surface area contributed by atoms with Crippen LogP contribution < -0.4 is 0 Å². The minimum Gasteiger partial charge on any atom is -0.318 e. The zero-order valence-electron chi connectivity index (χ0n) is 15.8. The Morgan fingerprint density at radius 2 is 1.52 bits per heavy atom. The molecule has 1 nitrogen and oxygen atoms in total. The fraction of sp³-hybridized carbons (Fsp3) is 0.333. The van der Waals surface area contributed by atoms with Crippen molar-refractivity contribution < 1.29 is 0 Å². The number of aromatic nitrogens is 1. The molecular formula is C24H29N. The smallest absolute Gasteiger partial charge is 0.0455 e. The second kappa shape index (κ2) is 8.20. The monoisotopic (exact) mass is 331 g/mol. The highest BCUT2D eigenvalue weighted by molar-refractivity contribution is 5.69. The molecule has 3 aromatic rings. The first-order valence-corrected chi connectivity index (χ1v) is 9.60. The van der Waals surface area contributed by atoms with Gasteiger partial charge in [0.2, 0.25) is 0 Å². The minimum absolute atomic E-state index is 1.09. The van der Waals surface area contributed by atoms with E-state index in [0.29, 0.717) is 0 Å². The van der Waals surface area contributed by atoms with Gasteiger partial charge in [0.25, 0.3) is 0 Å². The molecule has 0 saturated heterocycles. The molecule has 0 atom stereocenters. The van der Waals surface area contributed by atoms with E-state index in [0.717, 1.165) is 12.8 Å².